The Morgan fingerprint density at radius 2 is 1.91 bits per heavy atom. The van der Waals surface area contributed by atoms with E-state index in [9.17, 15) is 4.79 Å². The quantitative estimate of drug-likeness (QED) is 0.353. The lowest BCUT2D eigenvalue weighted by atomic mass is 10.2. The van der Waals surface area contributed by atoms with Gasteiger partial charge in [-0.1, -0.05) is 41.3 Å². The van der Waals surface area contributed by atoms with Crippen molar-refractivity contribution in [1.82, 2.24) is 10.2 Å². The van der Waals surface area contributed by atoms with Gasteiger partial charge in [0.25, 0.3) is 5.91 Å². The summed E-state index contributed by atoms with van der Waals surface area (Å²) >= 11 is 14.0. The normalized spacial score (nSPS) is 14.5. The maximum absolute atomic E-state index is 12.5. The molecule has 0 unspecified atom stereocenters. The first-order valence-corrected chi connectivity index (χ1v) is 12.3. The monoisotopic (exact) mass is 485 g/mol. The fourth-order valence-corrected chi connectivity index (χ4v) is 5.36. The van der Waals surface area contributed by atoms with Crippen molar-refractivity contribution in [2.45, 2.75) is 12.8 Å². The van der Waals surface area contributed by atoms with Crippen LogP contribution < -0.4 is 10.2 Å². The van der Waals surface area contributed by atoms with Crippen LogP contribution >= 0.6 is 34.5 Å². The van der Waals surface area contributed by atoms with Crippen LogP contribution in [0.2, 0.25) is 10.0 Å². The van der Waals surface area contributed by atoms with Crippen molar-refractivity contribution in [2.75, 3.05) is 44.2 Å². The predicted octanol–water partition coefficient (Wildman–Crippen LogP) is 5.52. The van der Waals surface area contributed by atoms with Gasteiger partial charge in [0.1, 0.15) is 0 Å². The van der Waals surface area contributed by atoms with Crippen LogP contribution in [0.4, 0.5) is 5.69 Å². The number of terminal acetylenes is 1. The molecule has 3 aromatic rings. The van der Waals surface area contributed by atoms with Crippen molar-refractivity contribution < 1.29 is 4.79 Å². The lowest BCUT2D eigenvalue weighted by Gasteiger charge is -2.36. The van der Waals surface area contributed by atoms with E-state index in [1.165, 1.54) is 11.3 Å². The van der Waals surface area contributed by atoms with Crippen molar-refractivity contribution >= 4 is 56.2 Å². The molecule has 0 radical (unpaired) electrons. The summed E-state index contributed by atoms with van der Waals surface area (Å²) in [5.41, 5.74) is 1.85. The van der Waals surface area contributed by atoms with Crippen molar-refractivity contribution in [1.29, 1.82) is 0 Å². The van der Waals surface area contributed by atoms with E-state index in [4.69, 9.17) is 29.6 Å². The number of hydrogen-bond acceptors (Lipinski definition) is 4. The third kappa shape index (κ3) is 5.39. The number of piperazine rings is 1. The van der Waals surface area contributed by atoms with Gasteiger partial charge in [-0.25, -0.2) is 0 Å². The topological polar surface area (TPSA) is 35.6 Å². The number of thiophene rings is 1. The molecular formula is C25H25Cl2N3OS. The molecule has 0 atom stereocenters. The molecule has 166 valence electrons. The van der Waals surface area contributed by atoms with Gasteiger partial charge < -0.3 is 10.2 Å². The fraction of sp³-hybridized carbons (Fsp3) is 0.320. The van der Waals surface area contributed by atoms with Gasteiger partial charge >= 0.3 is 0 Å². The number of carbonyl (C=O) groups is 1. The van der Waals surface area contributed by atoms with Gasteiger partial charge in [0.2, 0.25) is 0 Å². The summed E-state index contributed by atoms with van der Waals surface area (Å²) in [6.07, 6.45) is 7.47. The summed E-state index contributed by atoms with van der Waals surface area (Å²) in [5, 5.41) is 5.33. The van der Waals surface area contributed by atoms with Crippen LogP contribution in [0.5, 0.6) is 0 Å². The summed E-state index contributed by atoms with van der Waals surface area (Å²) in [5.74, 6) is 2.62. The predicted molar refractivity (Wildman–Crippen MR) is 136 cm³/mol. The van der Waals surface area contributed by atoms with Crippen LogP contribution in [0.3, 0.4) is 0 Å². The molecule has 1 aliphatic rings. The second-order valence-corrected chi connectivity index (χ2v) is 9.74. The second-order valence-electron chi connectivity index (χ2n) is 7.87. The van der Waals surface area contributed by atoms with Crippen LogP contribution in [0, 0.1) is 12.3 Å². The molecule has 2 heterocycles. The highest BCUT2D eigenvalue weighted by atomic mass is 35.5. The molecule has 0 aliphatic carbocycles. The molecule has 4 rings (SSSR count). The smallest absolute Gasteiger partial charge is 0.261 e. The minimum Gasteiger partial charge on any atom is -0.368 e. The van der Waals surface area contributed by atoms with E-state index in [-0.39, 0.29) is 5.91 Å². The number of rotatable bonds is 7. The number of nitrogens with one attached hydrogen (secondary N) is 1. The Balaban J connectivity index is 1.17. The number of hydrogen-bond donors (Lipinski definition) is 1. The number of amides is 1. The molecule has 7 heteroatoms. The average Bonchev–Trinajstić information content (AvgIpc) is 3.24. The number of fused-ring (bicyclic) bond motifs is 1. The Hall–Kier alpha value is -2.23. The second kappa shape index (κ2) is 10.6. The van der Waals surface area contributed by atoms with Crippen LogP contribution in [0.15, 0.2) is 42.5 Å². The Morgan fingerprint density at radius 3 is 2.69 bits per heavy atom. The summed E-state index contributed by atoms with van der Waals surface area (Å²) in [6.45, 7) is 5.58. The lowest BCUT2D eigenvalue weighted by Crippen LogP contribution is -2.46. The molecule has 1 saturated heterocycles. The first-order chi connectivity index (χ1) is 15.5. The molecule has 0 saturated carbocycles. The molecular weight excluding hydrogens is 461 g/mol. The Kier molecular flexibility index (Phi) is 7.59. The summed E-state index contributed by atoms with van der Waals surface area (Å²) in [4.78, 5) is 18.0. The van der Waals surface area contributed by atoms with E-state index in [2.05, 4.69) is 21.0 Å². The number of carbonyl (C=O) groups excluding carboxylic acids is 1. The minimum atomic E-state index is -0.0135. The molecule has 1 fully saturated rings. The summed E-state index contributed by atoms with van der Waals surface area (Å²) in [7, 11) is 0. The zero-order valence-corrected chi connectivity index (χ0v) is 20.1. The third-order valence-electron chi connectivity index (χ3n) is 5.74. The molecule has 1 aliphatic heterocycles. The number of benzene rings is 2. The van der Waals surface area contributed by atoms with Gasteiger partial charge in [-0.3, -0.25) is 9.69 Å². The molecule has 1 amide bonds. The van der Waals surface area contributed by atoms with E-state index in [0.717, 1.165) is 71.8 Å². The van der Waals surface area contributed by atoms with Crippen molar-refractivity contribution in [3.63, 3.8) is 0 Å². The lowest BCUT2D eigenvalue weighted by molar-refractivity contribution is 0.0956. The number of anilines is 1. The third-order valence-corrected chi connectivity index (χ3v) is 7.65. The SMILES string of the molecule is C#Cc1ccc2cc(C(=O)NCCCCN3CCN(c4cccc(Cl)c4Cl)CC3)sc2c1. The number of halogens is 2. The molecule has 1 aromatic heterocycles. The van der Waals surface area contributed by atoms with Crippen molar-refractivity contribution in [3.05, 3.63) is 63.0 Å². The first kappa shape index (κ1) is 22.9. The molecule has 0 bridgehead atoms. The molecule has 0 spiro atoms. The van der Waals surface area contributed by atoms with Crippen LogP contribution in [-0.2, 0) is 0 Å². The first-order valence-electron chi connectivity index (χ1n) is 10.7. The minimum absolute atomic E-state index is 0.0135. The van der Waals surface area contributed by atoms with Gasteiger partial charge in [0.15, 0.2) is 0 Å². The molecule has 1 N–H and O–H groups in total. The van der Waals surface area contributed by atoms with Crippen LogP contribution in [0.25, 0.3) is 10.1 Å². The largest absolute Gasteiger partial charge is 0.368 e. The maximum atomic E-state index is 12.5. The van der Waals surface area contributed by atoms with E-state index < -0.39 is 0 Å². The zero-order valence-electron chi connectivity index (χ0n) is 17.7. The van der Waals surface area contributed by atoms with E-state index >= 15 is 0 Å². The average molecular weight is 486 g/mol. The fourth-order valence-electron chi connectivity index (χ4n) is 3.93. The van der Waals surface area contributed by atoms with E-state index in [1.807, 2.05) is 42.5 Å². The van der Waals surface area contributed by atoms with Gasteiger partial charge in [-0.2, -0.15) is 0 Å². The maximum Gasteiger partial charge on any atom is 0.261 e. The van der Waals surface area contributed by atoms with Gasteiger partial charge in [-0.05, 0) is 55.1 Å². The van der Waals surface area contributed by atoms with Crippen molar-refractivity contribution in [2.24, 2.45) is 0 Å². The highest BCUT2D eigenvalue weighted by Gasteiger charge is 2.19. The van der Waals surface area contributed by atoms with E-state index in [1.54, 1.807) is 0 Å². The number of unbranched alkanes of at least 4 members (excludes halogenated alkanes) is 1. The van der Waals surface area contributed by atoms with E-state index in [0.29, 0.717) is 16.6 Å². The van der Waals surface area contributed by atoms with Crippen molar-refractivity contribution in [3.8, 4) is 12.3 Å². The number of nitrogens with zero attached hydrogens (tertiary/aromatic N) is 2. The summed E-state index contributed by atoms with van der Waals surface area (Å²) in [6, 6.07) is 13.5. The van der Waals surface area contributed by atoms with Crippen LogP contribution in [-0.4, -0.2) is 50.1 Å². The standard InChI is InChI=1S/C25H25Cl2N3OS/c1-2-18-8-9-19-17-23(32-22(19)16-18)25(31)28-10-3-4-11-29-12-14-30(15-13-29)21-7-5-6-20(26)24(21)27/h1,5-9,16-17H,3-4,10-15H2,(H,28,31). The van der Waals surface area contributed by atoms with Gasteiger partial charge in [0.05, 0.1) is 20.6 Å². The molecule has 4 nitrogen and oxygen atoms in total. The Labute approximate surface area is 203 Å². The van der Waals surface area contributed by atoms with Gasteiger partial charge in [0, 0.05) is 43.0 Å². The molecule has 2 aromatic carbocycles. The van der Waals surface area contributed by atoms with Gasteiger partial charge in [-0.15, -0.1) is 17.8 Å². The zero-order chi connectivity index (χ0) is 22.5. The highest BCUT2D eigenvalue weighted by Crippen LogP contribution is 2.33. The summed E-state index contributed by atoms with van der Waals surface area (Å²) < 4.78 is 1.05. The Bertz CT molecular complexity index is 1150. The van der Waals surface area contributed by atoms with Crippen LogP contribution in [0.1, 0.15) is 28.1 Å². The Morgan fingerprint density at radius 1 is 1.09 bits per heavy atom. The molecule has 32 heavy (non-hydrogen) atoms. The highest BCUT2D eigenvalue weighted by molar-refractivity contribution is 7.20.